The van der Waals surface area contributed by atoms with Gasteiger partial charge in [0, 0.05) is 11.3 Å². The van der Waals surface area contributed by atoms with Gasteiger partial charge < -0.3 is 0 Å². The summed E-state index contributed by atoms with van der Waals surface area (Å²) in [6, 6.07) is 2.08. The van der Waals surface area contributed by atoms with Crippen LogP contribution in [0.1, 0.15) is 29.7 Å². The Morgan fingerprint density at radius 3 is 3.00 bits per heavy atom. The summed E-state index contributed by atoms with van der Waals surface area (Å²) < 4.78 is 1.56. The van der Waals surface area contributed by atoms with Crippen LogP contribution >= 0.6 is 11.6 Å². The third-order valence-corrected chi connectivity index (χ3v) is 3.37. The topological polar surface area (TPSA) is 54.0 Å². The molecule has 0 radical (unpaired) electrons. The number of fused-ring (bicyclic) bond motifs is 2. The number of rotatable bonds is 0. The molecular formula is C11H9ClN4. The Balaban J connectivity index is 2.37. The average molecular weight is 233 g/mol. The normalized spacial score (nSPS) is 14.8. The first-order chi connectivity index (χ1) is 7.81. The number of aryl methyl sites for hydroxylation is 1. The second kappa shape index (κ2) is 3.46. The molecule has 16 heavy (non-hydrogen) atoms. The van der Waals surface area contributed by atoms with Crippen LogP contribution in [0.5, 0.6) is 0 Å². The molecular weight excluding hydrogens is 224 g/mol. The van der Waals surface area contributed by atoms with Gasteiger partial charge in [-0.15, -0.1) is 0 Å². The van der Waals surface area contributed by atoms with Crippen molar-refractivity contribution < 1.29 is 0 Å². The Labute approximate surface area is 97.5 Å². The van der Waals surface area contributed by atoms with Crippen molar-refractivity contribution in [3.05, 3.63) is 28.2 Å². The van der Waals surface area contributed by atoms with Gasteiger partial charge in [-0.05, 0) is 25.7 Å². The molecule has 0 aromatic carbocycles. The fraction of sp³-hybridized carbons (Fsp3) is 0.364. The first-order valence-corrected chi connectivity index (χ1v) is 5.64. The molecule has 0 aliphatic heterocycles. The second-order valence-corrected chi connectivity index (χ2v) is 4.30. The highest BCUT2D eigenvalue weighted by molar-refractivity contribution is 6.30. The predicted octanol–water partition coefficient (Wildman–Crippen LogP) is 2.13. The second-order valence-electron chi connectivity index (χ2n) is 3.94. The minimum absolute atomic E-state index is 0.482. The third-order valence-electron chi connectivity index (χ3n) is 2.98. The molecule has 5 heteroatoms. The van der Waals surface area contributed by atoms with Crippen LogP contribution in [0.3, 0.4) is 0 Å². The van der Waals surface area contributed by atoms with Crippen LogP contribution < -0.4 is 0 Å². The summed E-state index contributed by atoms with van der Waals surface area (Å²) in [7, 11) is 0. The van der Waals surface area contributed by atoms with Gasteiger partial charge in [-0.3, -0.25) is 0 Å². The monoisotopic (exact) mass is 232 g/mol. The van der Waals surface area contributed by atoms with Crippen molar-refractivity contribution in [3.63, 3.8) is 0 Å². The Bertz CT molecular complexity index is 608. The molecule has 80 valence electrons. The van der Waals surface area contributed by atoms with Crippen molar-refractivity contribution in [2.45, 2.75) is 25.7 Å². The smallest absolute Gasteiger partial charge is 0.174 e. The molecule has 0 fully saturated rings. The Morgan fingerprint density at radius 1 is 1.38 bits per heavy atom. The molecule has 0 spiro atoms. The van der Waals surface area contributed by atoms with Crippen LogP contribution in [0, 0.1) is 11.3 Å². The molecule has 1 aliphatic rings. The van der Waals surface area contributed by atoms with Crippen molar-refractivity contribution in [2.75, 3.05) is 0 Å². The van der Waals surface area contributed by atoms with E-state index < -0.39 is 0 Å². The summed E-state index contributed by atoms with van der Waals surface area (Å²) in [5.41, 5.74) is 3.18. The van der Waals surface area contributed by atoms with Crippen molar-refractivity contribution in [1.82, 2.24) is 14.6 Å². The van der Waals surface area contributed by atoms with Gasteiger partial charge in [-0.1, -0.05) is 11.6 Å². The van der Waals surface area contributed by atoms with Crippen LogP contribution in [-0.2, 0) is 12.8 Å². The highest BCUT2D eigenvalue weighted by Gasteiger charge is 2.19. The van der Waals surface area contributed by atoms with Crippen LogP contribution in [0.4, 0.5) is 0 Å². The maximum Gasteiger partial charge on any atom is 0.174 e. The number of nitriles is 1. The molecule has 2 heterocycles. The zero-order valence-corrected chi connectivity index (χ0v) is 9.33. The maximum atomic E-state index is 8.93. The summed E-state index contributed by atoms with van der Waals surface area (Å²) in [6.45, 7) is 0. The first-order valence-electron chi connectivity index (χ1n) is 5.26. The largest absolute Gasteiger partial charge is 0.232 e. The Morgan fingerprint density at radius 2 is 2.19 bits per heavy atom. The standard InChI is InChI=1S/C11H9ClN4/c12-10-8-3-1-2-4-9(8)15-11-7(5-13)6-14-16(10)11/h6H,1-4H2. The number of halogens is 1. The molecule has 2 aromatic heterocycles. The molecule has 3 rings (SSSR count). The molecule has 1 aliphatic carbocycles. The molecule has 2 aromatic rings. The molecule has 0 atom stereocenters. The summed E-state index contributed by atoms with van der Waals surface area (Å²) >= 11 is 6.28. The number of aromatic nitrogens is 3. The van der Waals surface area contributed by atoms with Gasteiger partial charge in [0.1, 0.15) is 16.8 Å². The summed E-state index contributed by atoms with van der Waals surface area (Å²) in [6.07, 6.45) is 5.70. The zero-order valence-electron chi connectivity index (χ0n) is 8.57. The maximum absolute atomic E-state index is 8.93. The van der Waals surface area contributed by atoms with E-state index in [1.54, 1.807) is 4.52 Å². The van der Waals surface area contributed by atoms with E-state index in [-0.39, 0.29) is 0 Å². The molecule has 0 unspecified atom stereocenters. The van der Waals surface area contributed by atoms with Crippen molar-refractivity contribution in [2.24, 2.45) is 0 Å². The highest BCUT2D eigenvalue weighted by Crippen LogP contribution is 2.27. The third kappa shape index (κ3) is 1.22. The summed E-state index contributed by atoms with van der Waals surface area (Å²) in [4.78, 5) is 4.50. The predicted molar refractivity (Wildman–Crippen MR) is 59.4 cm³/mol. The lowest BCUT2D eigenvalue weighted by molar-refractivity contribution is 0.660. The average Bonchev–Trinajstić information content (AvgIpc) is 2.72. The van der Waals surface area contributed by atoms with Gasteiger partial charge in [-0.2, -0.15) is 10.4 Å². The van der Waals surface area contributed by atoms with Crippen molar-refractivity contribution >= 4 is 17.2 Å². The van der Waals surface area contributed by atoms with Gasteiger partial charge in [0.25, 0.3) is 0 Å². The van der Waals surface area contributed by atoms with E-state index >= 15 is 0 Å². The van der Waals surface area contributed by atoms with Crippen LogP contribution in [0.25, 0.3) is 5.65 Å². The molecule has 0 bridgehead atoms. The van der Waals surface area contributed by atoms with Gasteiger partial charge >= 0.3 is 0 Å². The number of hydrogen-bond acceptors (Lipinski definition) is 3. The van der Waals surface area contributed by atoms with Crippen LogP contribution in [0.15, 0.2) is 6.20 Å². The zero-order chi connectivity index (χ0) is 11.1. The Hall–Kier alpha value is -1.60. The lowest BCUT2D eigenvalue weighted by atomic mass is 9.97. The fourth-order valence-electron chi connectivity index (χ4n) is 2.16. The summed E-state index contributed by atoms with van der Waals surface area (Å²) in [5.74, 6) is 0. The number of hydrogen-bond donors (Lipinski definition) is 0. The first kappa shape index (κ1) is 9.61. The van der Waals surface area contributed by atoms with Crippen molar-refractivity contribution in [1.29, 1.82) is 5.26 Å². The van der Waals surface area contributed by atoms with Crippen LogP contribution in [-0.4, -0.2) is 14.6 Å². The van der Waals surface area contributed by atoms with E-state index in [0.717, 1.165) is 36.9 Å². The molecule has 0 saturated carbocycles. The Kier molecular flexibility index (Phi) is 2.08. The van der Waals surface area contributed by atoms with E-state index in [1.165, 1.54) is 6.20 Å². The minimum Gasteiger partial charge on any atom is -0.232 e. The van der Waals surface area contributed by atoms with Gasteiger partial charge in [0.2, 0.25) is 0 Å². The molecule has 4 nitrogen and oxygen atoms in total. The lowest BCUT2D eigenvalue weighted by Crippen LogP contribution is -2.10. The SMILES string of the molecule is N#Cc1cnn2c(Cl)c3c(nc12)CCCC3. The minimum atomic E-state index is 0.482. The summed E-state index contributed by atoms with van der Waals surface area (Å²) in [5, 5.41) is 13.6. The molecule has 0 amide bonds. The van der Waals surface area contributed by atoms with Crippen molar-refractivity contribution in [3.8, 4) is 6.07 Å². The van der Waals surface area contributed by atoms with Gasteiger partial charge in [0.15, 0.2) is 5.65 Å². The lowest BCUT2D eigenvalue weighted by Gasteiger charge is -2.16. The van der Waals surface area contributed by atoms with E-state index in [9.17, 15) is 0 Å². The quantitative estimate of drug-likeness (QED) is 0.654. The van der Waals surface area contributed by atoms with E-state index in [1.807, 2.05) is 0 Å². The molecule has 0 N–H and O–H groups in total. The van der Waals surface area contributed by atoms with Gasteiger partial charge in [0.05, 0.1) is 6.20 Å². The fourth-order valence-corrected chi connectivity index (χ4v) is 2.49. The van der Waals surface area contributed by atoms with E-state index in [0.29, 0.717) is 16.4 Å². The highest BCUT2D eigenvalue weighted by atomic mass is 35.5. The number of nitrogens with zero attached hydrogens (tertiary/aromatic N) is 4. The molecule has 0 saturated heterocycles. The van der Waals surface area contributed by atoms with E-state index in [2.05, 4.69) is 16.2 Å². The van der Waals surface area contributed by atoms with Crippen LogP contribution in [0.2, 0.25) is 5.15 Å². The van der Waals surface area contributed by atoms with E-state index in [4.69, 9.17) is 16.9 Å². The van der Waals surface area contributed by atoms with Gasteiger partial charge in [-0.25, -0.2) is 9.50 Å².